The number of guanidine groups is 1. The molecule has 1 saturated carbocycles. The molecule has 1 aromatic carbocycles. The van der Waals surface area contributed by atoms with Crippen LogP contribution in [-0.4, -0.2) is 96.4 Å². The highest BCUT2D eigenvalue weighted by Gasteiger charge is 2.71. The first-order valence-corrected chi connectivity index (χ1v) is 18.1. The molecule has 8 N–H and O–H groups in total. The fourth-order valence-electron chi connectivity index (χ4n) is 9.08. The second-order valence-electron chi connectivity index (χ2n) is 14.5. The minimum absolute atomic E-state index is 0.0709. The molecule has 15 nitrogen and oxygen atoms in total. The maximum Gasteiger partial charge on any atom is 0.415 e. The predicted octanol–water partition coefficient (Wildman–Crippen LogP) is 1.24. The van der Waals surface area contributed by atoms with E-state index in [2.05, 4.69) is 27.0 Å². The molecular weight excluding hydrogens is 658 g/mol. The van der Waals surface area contributed by atoms with Gasteiger partial charge in [0, 0.05) is 32.1 Å². The van der Waals surface area contributed by atoms with Crippen molar-refractivity contribution >= 4 is 29.8 Å². The van der Waals surface area contributed by atoms with Crippen molar-refractivity contribution in [1.82, 2.24) is 20.9 Å². The van der Waals surface area contributed by atoms with Crippen LogP contribution >= 0.6 is 0 Å². The average molecular weight is 710 g/mol. The van der Waals surface area contributed by atoms with E-state index in [9.17, 15) is 24.3 Å². The number of hydrogen-bond acceptors (Lipinski definition) is 9. The summed E-state index contributed by atoms with van der Waals surface area (Å²) in [6.07, 6.45) is 7.23. The summed E-state index contributed by atoms with van der Waals surface area (Å²) in [4.78, 5) is 57.3. The lowest BCUT2D eigenvalue weighted by Gasteiger charge is -2.59. The smallest absolute Gasteiger partial charge is 0.415 e. The standard InChI is InChI=1S/C36H51N7O8/c1-20(41-21(2)44)31(45)42-25(10-7-16-39-33(37)38)32(46)40-19-24-9-4-5-17-43(24)34(47)50-27-13-15-36(48)23-8-6-14-35(36)28-22(18-23)11-12-26(49-3)29(28)51-30(27)35/h11-13,20,23-25,30,48H,4-10,14-19H2,1-3H3,(H,40,46)(H,41,44)(H,42,45)(H4,37,38,39)/t20-,23+,24?,25-,30-,35-,36+/m0/s1. The van der Waals surface area contributed by atoms with E-state index in [1.165, 1.54) is 13.8 Å². The number of aliphatic hydroxyl groups is 1. The highest BCUT2D eigenvalue weighted by atomic mass is 16.6. The van der Waals surface area contributed by atoms with Crippen LogP contribution < -0.4 is 36.9 Å². The number of methoxy groups -OCH3 is 1. The van der Waals surface area contributed by atoms with Gasteiger partial charge in [0.15, 0.2) is 23.6 Å². The number of nitrogens with one attached hydrogen (secondary N) is 3. The van der Waals surface area contributed by atoms with E-state index >= 15 is 0 Å². The predicted molar refractivity (Wildman–Crippen MR) is 187 cm³/mol. The zero-order chi connectivity index (χ0) is 36.5. The number of piperidine rings is 1. The Labute approximate surface area is 297 Å². The molecule has 2 bridgehead atoms. The maximum absolute atomic E-state index is 14.0. The van der Waals surface area contributed by atoms with Crippen LogP contribution in [0.4, 0.5) is 4.79 Å². The van der Waals surface area contributed by atoms with Gasteiger partial charge in [0.25, 0.3) is 0 Å². The van der Waals surface area contributed by atoms with Gasteiger partial charge in [0.1, 0.15) is 17.8 Å². The summed E-state index contributed by atoms with van der Waals surface area (Å²) >= 11 is 0. The van der Waals surface area contributed by atoms with Crippen LogP contribution in [0.3, 0.4) is 0 Å². The second kappa shape index (κ2) is 14.6. The van der Waals surface area contributed by atoms with E-state index in [-0.39, 0.29) is 43.3 Å². The molecule has 1 aromatic rings. The van der Waals surface area contributed by atoms with Crippen molar-refractivity contribution in [2.75, 3.05) is 26.7 Å². The third-order valence-electron chi connectivity index (χ3n) is 11.4. The molecule has 2 heterocycles. The quantitative estimate of drug-likeness (QED) is 0.104. The molecule has 1 saturated heterocycles. The zero-order valence-corrected chi connectivity index (χ0v) is 29.7. The van der Waals surface area contributed by atoms with E-state index in [1.54, 1.807) is 12.0 Å². The first-order chi connectivity index (χ1) is 24.4. The normalized spacial score (nSPS) is 28.1. The summed E-state index contributed by atoms with van der Waals surface area (Å²) in [7, 11) is 1.60. The number of aliphatic imine (C=N–C) groups is 1. The first kappa shape index (κ1) is 36.3. The Kier molecular flexibility index (Phi) is 10.4. The Balaban J connectivity index is 1.15. The summed E-state index contributed by atoms with van der Waals surface area (Å²) in [6, 6.07) is 1.86. The van der Waals surface area contributed by atoms with Gasteiger partial charge >= 0.3 is 6.09 Å². The van der Waals surface area contributed by atoms with Gasteiger partial charge in [-0.15, -0.1) is 0 Å². The molecule has 15 heteroatoms. The fraction of sp³-hybridized carbons (Fsp3) is 0.639. The Morgan fingerprint density at radius 1 is 1.14 bits per heavy atom. The zero-order valence-electron chi connectivity index (χ0n) is 29.7. The minimum atomic E-state index is -1.02. The molecule has 0 radical (unpaired) electrons. The van der Waals surface area contributed by atoms with E-state index in [4.69, 9.17) is 25.7 Å². The summed E-state index contributed by atoms with van der Waals surface area (Å²) in [6.45, 7) is 3.70. The number of ether oxygens (including phenoxy) is 3. The van der Waals surface area contributed by atoms with Crippen molar-refractivity contribution in [3.05, 3.63) is 35.1 Å². The number of carbonyl (C=O) groups excluding carboxylic acids is 4. The third-order valence-corrected chi connectivity index (χ3v) is 11.4. The first-order valence-electron chi connectivity index (χ1n) is 18.1. The highest BCUT2D eigenvalue weighted by molar-refractivity contribution is 5.91. The van der Waals surface area contributed by atoms with Crippen LogP contribution in [-0.2, 0) is 31.0 Å². The number of likely N-dealkylation sites (tertiary alicyclic amines) is 1. The number of carbonyl (C=O) groups is 4. The Morgan fingerprint density at radius 3 is 2.69 bits per heavy atom. The Hall–Kier alpha value is -4.53. The molecule has 4 amide bonds. The van der Waals surface area contributed by atoms with Gasteiger partial charge in [-0.05, 0) is 88.3 Å². The van der Waals surface area contributed by atoms with Gasteiger partial charge in [0.05, 0.1) is 24.2 Å². The molecule has 278 valence electrons. The molecule has 51 heavy (non-hydrogen) atoms. The SMILES string of the molecule is COc1ccc2c3c1O[C@H]1C(OC(=O)N4CCCCC4CNC(=O)[C@H](CCCN=C(N)N)NC(=O)[C@H](C)NC(C)=O)=CC[C@@]4(O)[C@H](CCC[C@]314)C2. The maximum atomic E-state index is 14.0. The number of nitrogens with two attached hydrogens (primary N) is 2. The van der Waals surface area contributed by atoms with Crippen LogP contribution in [0.15, 0.2) is 29.0 Å². The summed E-state index contributed by atoms with van der Waals surface area (Å²) in [5.74, 6) is 0.294. The Bertz CT molecular complexity index is 1610. The monoisotopic (exact) mass is 709 g/mol. The van der Waals surface area contributed by atoms with Crippen molar-refractivity contribution in [2.45, 2.75) is 113 Å². The van der Waals surface area contributed by atoms with E-state index in [0.29, 0.717) is 49.5 Å². The second-order valence-corrected chi connectivity index (χ2v) is 14.5. The molecule has 0 aromatic heterocycles. The topological polar surface area (TPSA) is 220 Å². The lowest BCUT2D eigenvalue weighted by atomic mass is 9.47. The molecule has 2 aliphatic heterocycles. The molecule has 7 atom stereocenters. The highest BCUT2D eigenvalue weighted by Crippen LogP contribution is 2.67. The van der Waals surface area contributed by atoms with Gasteiger partial charge in [-0.3, -0.25) is 19.4 Å². The van der Waals surface area contributed by atoms with Crippen molar-refractivity contribution in [3.8, 4) is 11.5 Å². The van der Waals surface area contributed by atoms with E-state index in [1.807, 2.05) is 12.1 Å². The number of nitrogens with zero attached hydrogens (tertiary/aromatic N) is 2. The molecule has 1 spiro atoms. The largest absolute Gasteiger partial charge is 0.493 e. The fourth-order valence-corrected chi connectivity index (χ4v) is 9.08. The van der Waals surface area contributed by atoms with Crippen LogP contribution in [0.2, 0.25) is 0 Å². The van der Waals surface area contributed by atoms with Crippen molar-refractivity contribution in [1.29, 1.82) is 0 Å². The summed E-state index contributed by atoms with van der Waals surface area (Å²) < 4.78 is 18.5. The van der Waals surface area contributed by atoms with Crippen LogP contribution in [0.5, 0.6) is 11.5 Å². The van der Waals surface area contributed by atoms with Gasteiger partial charge in [-0.25, -0.2) is 4.79 Å². The number of amides is 4. The molecule has 6 rings (SSSR count). The molecule has 2 fully saturated rings. The summed E-state index contributed by atoms with van der Waals surface area (Å²) in [5.41, 5.74) is 11.2. The number of benzene rings is 1. The lowest BCUT2D eigenvalue weighted by molar-refractivity contribution is -0.149. The minimum Gasteiger partial charge on any atom is -0.493 e. The van der Waals surface area contributed by atoms with Gasteiger partial charge in [-0.2, -0.15) is 0 Å². The van der Waals surface area contributed by atoms with Gasteiger partial charge in [0.2, 0.25) is 17.7 Å². The van der Waals surface area contributed by atoms with Crippen LogP contribution in [0.1, 0.15) is 82.8 Å². The van der Waals surface area contributed by atoms with Gasteiger partial charge in [-0.1, -0.05) is 12.5 Å². The third kappa shape index (κ3) is 6.67. The number of rotatable bonds is 12. The van der Waals surface area contributed by atoms with E-state index in [0.717, 1.165) is 43.2 Å². The number of hydrogen-bond donors (Lipinski definition) is 6. The van der Waals surface area contributed by atoms with Crippen LogP contribution in [0, 0.1) is 5.92 Å². The lowest BCUT2D eigenvalue weighted by Crippen LogP contribution is -2.67. The van der Waals surface area contributed by atoms with E-state index < -0.39 is 47.1 Å². The van der Waals surface area contributed by atoms with Gasteiger partial charge < -0.3 is 51.6 Å². The molecule has 3 aliphatic carbocycles. The Morgan fingerprint density at radius 2 is 1.94 bits per heavy atom. The van der Waals surface area contributed by atoms with Crippen LogP contribution in [0.25, 0.3) is 0 Å². The average Bonchev–Trinajstić information content (AvgIpc) is 3.44. The molecule has 1 unspecified atom stereocenters. The molecular formula is C36H51N7O8. The van der Waals surface area contributed by atoms with Crippen molar-refractivity contribution in [3.63, 3.8) is 0 Å². The van der Waals surface area contributed by atoms with Crippen molar-refractivity contribution in [2.24, 2.45) is 22.4 Å². The summed E-state index contributed by atoms with van der Waals surface area (Å²) in [5, 5.41) is 20.6. The molecule has 5 aliphatic rings. The van der Waals surface area contributed by atoms with Crippen molar-refractivity contribution < 1.29 is 38.5 Å².